The summed E-state index contributed by atoms with van der Waals surface area (Å²) in [6.07, 6.45) is -3.83. The Labute approximate surface area is 130 Å². The van der Waals surface area contributed by atoms with Crippen LogP contribution >= 0.6 is 0 Å². The molecule has 1 fully saturated rings. The molecule has 126 valence electrons. The quantitative estimate of drug-likeness (QED) is 0.726. The van der Waals surface area contributed by atoms with Crippen LogP contribution < -0.4 is 10.6 Å². The molecule has 0 saturated heterocycles. The minimum Gasteiger partial charge on any atom is -0.506 e. The fraction of sp³-hybridized carbons (Fsp3) is 0.467. The first-order valence-electron chi connectivity index (χ1n) is 7.16. The second kappa shape index (κ2) is 6.47. The van der Waals surface area contributed by atoms with Gasteiger partial charge in [0.25, 0.3) is 0 Å². The molecule has 1 aliphatic rings. The Bertz CT molecular complexity index is 616. The van der Waals surface area contributed by atoms with Gasteiger partial charge in [0.1, 0.15) is 5.75 Å². The van der Waals surface area contributed by atoms with Crippen LogP contribution in [0.2, 0.25) is 0 Å². The highest BCUT2D eigenvalue weighted by Gasteiger charge is 2.38. The number of halogens is 3. The Morgan fingerprint density at radius 1 is 1.35 bits per heavy atom. The number of alkyl halides is 3. The number of hydrogen-bond acceptors (Lipinski definition) is 3. The summed E-state index contributed by atoms with van der Waals surface area (Å²) in [5.41, 5.74) is -1.28. The monoisotopic (exact) mass is 330 g/mol. The lowest BCUT2D eigenvalue weighted by molar-refractivity contribution is -0.137. The highest BCUT2D eigenvalue weighted by Crippen LogP contribution is 2.37. The molecule has 8 heteroatoms. The van der Waals surface area contributed by atoms with Crippen LogP contribution in [0.1, 0.15) is 25.3 Å². The van der Waals surface area contributed by atoms with Crippen LogP contribution in [0.5, 0.6) is 5.75 Å². The average Bonchev–Trinajstić information content (AvgIpc) is 3.17. The molecular formula is C15H17F3N2O3. The van der Waals surface area contributed by atoms with Crippen molar-refractivity contribution in [3.8, 4) is 5.75 Å². The van der Waals surface area contributed by atoms with E-state index in [1.54, 1.807) is 0 Å². The number of phenolic OH excluding ortho intramolecular Hbond substituents is 1. The molecule has 5 nitrogen and oxygen atoms in total. The molecule has 0 bridgehead atoms. The van der Waals surface area contributed by atoms with Crippen LogP contribution in [0, 0.1) is 11.8 Å². The molecular weight excluding hydrogens is 313 g/mol. The molecule has 2 amide bonds. The number of rotatable bonds is 5. The van der Waals surface area contributed by atoms with Crippen LogP contribution in [0.3, 0.4) is 0 Å². The third-order valence-corrected chi connectivity index (χ3v) is 3.70. The Morgan fingerprint density at radius 2 is 2.00 bits per heavy atom. The topological polar surface area (TPSA) is 78.4 Å². The Kier molecular flexibility index (Phi) is 4.82. The minimum absolute atomic E-state index is 0.00873. The van der Waals surface area contributed by atoms with E-state index in [0.717, 1.165) is 18.6 Å². The Morgan fingerprint density at radius 3 is 2.57 bits per heavy atom. The van der Waals surface area contributed by atoms with Gasteiger partial charge in [-0.2, -0.15) is 13.2 Å². The third-order valence-electron chi connectivity index (χ3n) is 3.70. The van der Waals surface area contributed by atoms with Crippen molar-refractivity contribution in [3.63, 3.8) is 0 Å². The molecule has 0 heterocycles. The number of amides is 2. The van der Waals surface area contributed by atoms with Gasteiger partial charge in [0.15, 0.2) is 0 Å². The Balaban J connectivity index is 1.86. The van der Waals surface area contributed by atoms with E-state index in [1.165, 1.54) is 0 Å². The number of nitrogens with one attached hydrogen (secondary N) is 2. The second-order valence-corrected chi connectivity index (χ2v) is 5.64. The van der Waals surface area contributed by atoms with Crippen molar-refractivity contribution in [1.82, 2.24) is 5.32 Å². The van der Waals surface area contributed by atoms with Crippen molar-refractivity contribution >= 4 is 17.5 Å². The fourth-order valence-corrected chi connectivity index (χ4v) is 2.14. The molecule has 1 saturated carbocycles. The predicted octanol–water partition coefficient (Wildman–Crippen LogP) is 2.51. The standard InChI is InChI=1S/C15H17F3N2O3/c1-8-6-10(8)14(23)19-5-4-13(22)20-11-7-9(15(16,17)18)2-3-12(11)21/h2-3,7-8,10,21H,4-6H2,1H3,(H,19,23)(H,20,22)/t8-,10+/m0/s1. The molecule has 1 aromatic rings. The van der Waals surface area contributed by atoms with Gasteiger partial charge >= 0.3 is 6.18 Å². The summed E-state index contributed by atoms with van der Waals surface area (Å²) in [6, 6.07) is 2.26. The van der Waals surface area contributed by atoms with Gasteiger partial charge in [0.2, 0.25) is 11.8 Å². The molecule has 2 atom stereocenters. The lowest BCUT2D eigenvalue weighted by Crippen LogP contribution is -2.29. The van der Waals surface area contributed by atoms with Gasteiger partial charge < -0.3 is 15.7 Å². The van der Waals surface area contributed by atoms with Crippen LogP contribution in [0.15, 0.2) is 18.2 Å². The third kappa shape index (κ3) is 4.61. The van der Waals surface area contributed by atoms with Crippen LogP contribution in [-0.2, 0) is 15.8 Å². The minimum atomic E-state index is -4.57. The number of carbonyl (C=O) groups excluding carboxylic acids is 2. The van der Waals surface area contributed by atoms with Gasteiger partial charge in [0.05, 0.1) is 11.3 Å². The predicted molar refractivity (Wildman–Crippen MR) is 76.6 cm³/mol. The molecule has 0 radical (unpaired) electrons. The summed E-state index contributed by atoms with van der Waals surface area (Å²) in [5, 5.41) is 14.3. The molecule has 3 N–H and O–H groups in total. The van der Waals surface area contributed by atoms with Crippen molar-refractivity contribution in [1.29, 1.82) is 0 Å². The zero-order valence-corrected chi connectivity index (χ0v) is 12.4. The summed E-state index contributed by atoms with van der Waals surface area (Å²) >= 11 is 0. The molecule has 0 unspecified atom stereocenters. The van der Waals surface area contributed by atoms with E-state index in [1.807, 2.05) is 6.92 Å². The van der Waals surface area contributed by atoms with Gasteiger partial charge in [0, 0.05) is 18.9 Å². The molecule has 1 aliphatic carbocycles. The van der Waals surface area contributed by atoms with Crippen molar-refractivity contribution < 1.29 is 27.9 Å². The van der Waals surface area contributed by atoms with Crippen molar-refractivity contribution in [2.24, 2.45) is 11.8 Å². The highest BCUT2D eigenvalue weighted by molar-refractivity contribution is 5.92. The zero-order valence-electron chi connectivity index (χ0n) is 12.4. The number of phenols is 1. The number of carbonyl (C=O) groups is 2. The maximum Gasteiger partial charge on any atom is 0.416 e. The van der Waals surface area contributed by atoms with Crippen LogP contribution in [0.25, 0.3) is 0 Å². The summed E-state index contributed by atoms with van der Waals surface area (Å²) in [5.74, 6) is -0.824. The molecule has 0 aromatic heterocycles. The number of anilines is 1. The van der Waals surface area contributed by atoms with E-state index >= 15 is 0 Å². The zero-order chi connectivity index (χ0) is 17.2. The first kappa shape index (κ1) is 17.1. The molecule has 0 spiro atoms. The van der Waals surface area contributed by atoms with E-state index in [2.05, 4.69) is 10.6 Å². The van der Waals surface area contributed by atoms with E-state index in [4.69, 9.17) is 0 Å². The number of benzene rings is 1. The molecule has 1 aromatic carbocycles. The van der Waals surface area contributed by atoms with Crippen LogP contribution in [-0.4, -0.2) is 23.5 Å². The second-order valence-electron chi connectivity index (χ2n) is 5.64. The van der Waals surface area contributed by atoms with E-state index in [-0.39, 0.29) is 30.5 Å². The summed E-state index contributed by atoms with van der Waals surface area (Å²) < 4.78 is 37.8. The normalized spacial score (nSPS) is 20.0. The lowest BCUT2D eigenvalue weighted by Gasteiger charge is -2.12. The lowest BCUT2D eigenvalue weighted by atomic mass is 10.1. The van der Waals surface area contributed by atoms with Gasteiger partial charge in [-0.25, -0.2) is 0 Å². The van der Waals surface area contributed by atoms with Gasteiger partial charge in [-0.1, -0.05) is 6.92 Å². The van der Waals surface area contributed by atoms with E-state index in [9.17, 15) is 27.9 Å². The maximum atomic E-state index is 12.6. The SMILES string of the molecule is C[C@H]1C[C@H]1C(=O)NCCC(=O)Nc1cc(C(F)(F)F)ccc1O. The summed E-state index contributed by atoms with van der Waals surface area (Å²) in [4.78, 5) is 23.3. The average molecular weight is 330 g/mol. The first-order chi connectivity index (χ1) is 10.7. The van der Waals surface area contributed by atoms with Crippen molar-refractivity contribution in [2.45, 2.75) is 25.9 Å². The van der Waals surface area contributed by atoms with Crippen LogP contribution in [0.4, 0.5) is 18.9 Å². The van der Waals surface area contributed by atoms with Gasteiger partial charge in [-0.05, 0) is 30.5 Å². The van der Waals surface area contributed by atoms with Crippen molar-refractivity contribution in [2.75, 3.05) is 11.9 Å². The van der Waals surface area contributed by atoms with Gasteiger partial charge in [-0.15, -0.1) is 0 Å². The highest BCUT2D eigenvalue weighted by atomic mass is 19.4. The Hall–Kier alpha value is -2.25. The van der Waals surface area contributed by atoms with Gasteiger partial charge in [-0.3, -0.25) is 9.59 Å². The molecule has 23 heavy (non-hydrogen) atoms. The van der Waals surface area contributed by atoms with Crippen molar-refractivity contribution in [3.05, 3.63) is 23.8 Å². The molecule has 0 aliphatic heterocycles. The largest absolute Gasteiger partial charge is 0.506 e. The fourth-order valence-electron chi connectivity index (χ4n) is 2.14. The smallest absolute Gasteiger partial charge is 0.416 e. The first-order valence-corrected chi connectivity index (χ1v) is 7.16. The van der Waals surface area contributed by atoms with E-state index < -0.39 is 23.4 Å². The number of hydrogen-bond donors (Lipinski definition) is 3. The van der Waals surface area contributed by atoms with E-state index in [0.29, 0.717) is 12.0 Å². The number of aromatic hydroxyl groups is 1. The summed E-state index contributed by atoms with van der Waals surface area (Å²) in [6.45, 7) is 2.04. The maximum absolute atomic E-state index is 12.6. The summed E-state index contributed by atoms with van der Waals surface area (Å²) in [7, 11) is 0. The molecule has 2 rings (SSSR count).